The van der Waals surface area contributed by atoms with Crippen molar-refractivity contribution in [3.63, 3.8) is 0 Å². The predicted octanol–water partition coefficient (Wildman–Crippen LogP) is 7.61. The molecule has 0 saturated carbocycles. The van der Waals surface area contributed by atoms with Crippen LogP contribution in [0.4, 0.5) is 32.8 Å². The summed E-state index contributed by atoms with van der Waals surface area (Å²) in [6, 6.07) is 17.3. The van der Waals surface area contributed by atoms with Crippen LogP contribution in [0.1, 0.15) is 18.9 Å². The van der Waals surface area contributed by atoms with Gasteiger partial charge >= 0.3 is 0 Å². The van der Waals surface area contributed by atoms with Crippen LogP contribution in [0.25, 0.3) is 4.85 Å². The van der Waals surface area contributed by atoms with E-state index in [-0.39, 0.29) is 0 Å². The number of nitrogens with zero attached hydrogens (tertiary/aromatic N) is 6. The highest BCUT2D eigenvalue weighted by Gasteiger charge is 2.10. The Bertz CT molecular complexity index is 1100. The molecule has 31 heavy (non-hydrogen) atoms. The van der Waals surface area contributed by atoms with Gasteiger partial charge in [-0.25, -0.2) is 4.85 Å². The van der Waals surface area contributed by atoms with Gasteiger partial charge in [-0.1, -0.05) is 18.2 Å². The van der Waals surface area contributed by atoms with E-state index >= 15 is 0 Å². The van der Waals surface area contributed by atoms with Crippen molar-refractivity contribution in [2.24, 2.45) is 26.2 Å². The zero-order valence-electron chi connectivity index (χ0n) is 17.7. The van der Waals surface area contributed by atoms with Crippen molar-refractivity contribution in [1.29, 1.82) is 0 Å². The molecule has 3 rings (SSSR count). The Hall–Kier alpha value is -3.41. The zero-order valence-corrected chi connectivity index (χ0v) is 18.5. The first-order valence-corrected chi connectivity index (χ1v) is 10.9. The van der Waals surface area contributed by atoms with Crippen molar-refractivity contribution in [2.75, 3.05) is 24.5 Å². The molecule has 0 aliphatic heterocycles. The Kier molecular flexibility index (Phi) is 7.98. The van der Waals surface area contributed by atoms with Gasteiger partial charge in [0.05, 0.1) is 17.9 Å². The van der Waals surface area contributed by atoms with Crippen molar-refractivity contribution in [2.45, 2.75) is 20.3 Å². The highest BCUT2D eigenvalue weighted by molar-refractivity contribution is 7.20. The molecule has 2 aromatic carbocycles. The fourth-order valence-corrected chi connectivity index (χ4v) is 3.70. The second-order valence-electron chi connectivity index (χ2n) is 6.82. The number of hydrogen-bond acceptors (Lipinski definition) is 7. The maximum Gasteiger partial charge on any atom is 0.227 e. The number of benzene rings is 2. The van der Waals surface area contributed by atoms with Gasteiger partial charge in [0.25, 0.3) is 0 Å². The number of anilines is 1. The lowest BCUT2D eigenvalue weighted by Crippen LogP contribution is -2.25. The Morgan fingerprint density at radius 3 is 2.52 bits per heavy atom. The minimum Gasteiger partial charge on any atom is -0.372 e. The maximum atomic E-state index is 7.41. The van der Waals surface area contributed by atoms with E-state index < -0.39 is 0 Å². The van der Waals surface area contributed by atoms with Crippen molar-refractivity contribution >= 4 is 44.1 Å². The second-order valence-corrected chi connectivity index (χ2v) is 7.82. The van der Waals surface area contributed by atoms with E-state index in [1.165, 1.54) is 11.3 Å². The van der Waals surface area contributed by atoms with Crippen LogP contribution in [0.3, 0.4) is 0 Å². The summed E-state index contributed by atoms with van der Waals surface area (Å²) >= 11 is 1.29. The number of rotatable bonds is 9. The molecule has 158 valence electrons. The van der Waals surface area contributed by atoms with Gasteiger partial charge < -0.3 is 10.6 Å². The van der Waals surface area contributed by atoms with Crippen molar-refractivity contribution < 1.29 is 0 Å². The minimum atomic E-state index is 0.420. The Labute approximate surface area is 186 Å². The predicted molar refractivity (Wildman–Crippen MR) is 128 cm³/mol. The summed E-state index contributed by atoms with van der Waals surface area (Å²) in [5, 5.41) is 18.3. The first-order valence-electron chi connectivity index (χ1n) is 10.1. The van der Waals surface area contributed by atoms with Gasteiger partial charge in [-0.05, 0) is 68.8 Å². The molecule has 0 amide bonds. The maximum absolute atomic E-state index is 7.41. The SMILES string of the molecule is [C-]#[N+]c1cc(N=Nc2ccccc2)sc1N=Nc1ccc(N(CC)CCCN)cc1C. The molecule has 7 nitrogen and oxygen atoms in total. The van der Waals surface area contributed by atoms with Gasteiger partial charge in [-0.15, -0.1) is 21.6 Å². The second kappa shape index (κ2) is 11.1. The first kappa shape index (κ1) is 22.3. The fraction of sp³-hybridized carbons (Fsp3) is 0.261. The molecule has 0 aliphatic carbocycles. The highest BCUT2D eigenvalue weighted by Crippen LogP contribution is 2.43. The molecule has 1 heterocycles. The zero-order chi connectivity index (χ0) is 22.1. The largest absolute Gasteiger partial charge is 0.372 e. The average Bonchev–Trinajstić information content (AvgIpc) is 3.20. The molecule has 0 bridgehead atoms. The minimum absolute atomic E-state index is 0.420. The number of nitrogens with two attached hydrogens (primary N) is 1. The van der Waals surface area contributed by atoms with Gasteiger partial charge in [-0.3, -0.25) is 0 Å². The molecule has 3 aromatic rings. The van der Waals surface area contributed by atoms with E-state index in [1.807, 2.05) is 49.4 Å². The van der Waals surface area contributed by atoms with Gasteiger partial charge in [0.2, 0.25) is 5.69 Å². The van der Waals surface area contributed by atoms with Crippen LogP contribution in [-0.2, 0) is 0 Å². The lowest BCUT2D eigenvalue weighted by Gasteiger charge is -2.23. The molecule has 0 unspecified atom stereocenters. The Morgan fingerprint density at radius 2 is 1.84 bits per heavy atom. The molecule has 0 atom stereocenters. The van der Waals surface area contributed by atoms with Crippen molar-refractivity contribution in [3.8, 4) is 0 Å². The molecular weight excluding hydrogens is 406 g/mol. The number of aryl methyl sites for hydroxylation is 1. The Morgan fingerprint density at radius 1 is 1.03 bits per heavy atom. The van der Waals surface area contributed by atoms with Gasteiger partial charge in [-0.2, -0.15) is 10.2 Å². The topological polar surface area (TPSA) is 83.1 Å². The number of thiophene rings is 1. The molecule has 1 aromatic heterocycles. The summed E-state index contributed by atoms with van der Waals surface area (Å²) in [5.74, 6) is 0. The number of azo groups is 2. The third-order valence-electron chi connectivity index (χ3n) is 4.63. The molecule has 0 saturated heterocycles. The summed E-state index contributed by atoms with van der Waals surface area (Å²) in [6.07, 6.45) is 0.954. The molecular formula is C23H25N7S. The van der Waals surface area contributed by atoms with Crippen LogP contribution < -0.4 is 10.6 Å². The Balaban J connectivity index is 1.77. The van der Waals surface area contributed by atoms with Crippen molar-refractivity contribution in [3.05, 3.63) is 71.6 Å². The molecule has 0 spiro atoms. The van der Waals surface area contributed by atoms with Crippen LogP contribution in [0.2, 0.25) is 0 Å². The fourth-order valence-electron chi connectivity index (χ4n) is 2.96. The average molecular weight is 432 g/mol. The van der Waals surface area contributed by atoms with Crippen LogP contribution in [0.15, 0.2) is 75.1 Å². The standard InChI is InChI=1S/C23H25N7S/c1-4-30(14-8-13-24)19-11-12-20(17(2)15-19)27-29-23-21(25-3)16-22(31-23)28-26-18-9-6-5-7-10-18/h5-7,9-12,15-16H,4,8,13-14,24H2,1-2H3. The molecule has 0 fully saturated rings. The number of hydrogen-bond donors (Lipinski definition) is 1. The van der Waals surface area contributed by atoms with E-state index in [9.17, 15) is 0 Å². The van der Waals surface area contributed by atoms with E-state index in [1.54, 1.807) is 6.07 Å². The highest BCUT2D eigenvalue weighted by atomic mass is 32.1. The third kappa shape index (κ3) is 6.04. The summed E-state index contributed by atoms with van der Waals surface area (Å²) in [7, 11) is 0. The van der Waals surface area contributed by atoms with Gasteiger partial charge in [0.15, 0.2) is 0 Å². The third-order valence-corrected chi connectivity index (χ3v) is 5.52. The van der Waals surface area contributed by atoms with Gasteiger partial charge in [0.1, 0.15) is 10.0 Å². The van der Waals surface area contributed by atoms with Crippen LogP contribution in [0.5, 0.6) is 0 Å². The van der Waals surface area contributed by atoms with E-state index in [0.717, 1.165) is 42.1 Å². The van der Waals surface area contributed by atoms with Gasteiger partial charge in [0, 0.05) is 18.8 Å². The van der Waals surface area contributed by atoms with Crippen LogP contribution >= 0.6 is 11.3 Å². The molecule has 0 radical (unpaired) electrons. The van der Waals surface area contributed by atoms with Crippen LogP contribution in [-0.4, -0.2) is 19.6 Å². The van der Waals surface area contributed by atoms with Crippen molar-refractivity contribution in [1.82, 2.24) is 0 Å². The van der Waals surface area contributed by atoms with E-state index in [2.05, 4.69) is 43.2 Å². The lowest BCUT2D eigenvalue weighted by molar-refractivity contribution is 0.754. The summed E-state index contributed by atoms with van der Waals surface area (Å²) in [6.45, 7) is 14.1. The molecule has 0 aliphatic rings. The lowest BCUT2D eigenvalue weighted by atomic mass is 10.1. The monoisotopic (exact) mass is 431 g/mol. The smallest absolute Gasteiger partial charge is 0.227 e. The first-order chi connectivity index (χ1) is 15.1. The van der Waals surface area contributed by atoms with Crippen LogP contribution in [0, 0.1) is 13.5 Å². The summed E-state index contributed by atoms with van der Waals surface area (Å²) < 4.78 is 0. The normalized spacial score (nSPS) is 11.3. The quantitative estimate of drug-likeness (QED) is 0.279. The van der Waals surface area contributed by atoms with E-state index in [0.29, 0.717) is 22.2 Å². The summed E-state index contributed by atoms with van der Waals surface area (Å²) in [4.78, 5) is 5.84. The van der Waals surface area contributed by atoms with E-state index in [4.69, 9.17) is 12.3 Å². The summed E-state index contributed by atoms with van der Waals surface area (Å²) in [5.41, 5.74) is 9.77. The molecule has 2 N–H and O–H groups in total. The molecule has 8 heteroatoms.